The monoisotopic (exact) mass is 233 g/mol. The lowest BCUT2D eigenvalue weighted by Gasteiger charge is -2.18. The highest BCUT2D eigenvalue weighted by Gasteiger charge is 2.29. The molecular weight excluding hydrogens is 214 g/mol. The van der Waals surface area contributed by atoms with Crippen LogP contribution in [-0.4, -0.2) is 33.4 Å². The number of amides is 1. The number of imidazole rings is 1. The quantitative estimate of drug-likeness (QED) is 0.791. The maximum Gasteiger partial charge on any atom is 0.242 e. The molecule has 1 aromatic rings. The third-order valence-corrected chi connectivity index (χ3v) is 3.90. The van der Waals surface area contributed by atoms with Gasteiger partial charge in [-0.05, 0) is 38.5 Å². The molecular formula is C13H19N3O. The second kappa shape index (κ2) is 4.17. The molecule has 1 saturated carbocycles. The van der Waals surface area contributed by atoms with Gasteiger partial charge in [-0.25, -0.2) is 4.98 Å². The van der Waals surface area contributed by atoms with Gasteiger partial charge in [-0.15, -0.1) is 0 Å². The molecule has 4 heteroatoms. The van der Waals surface area contributed by atoms with Gasteiger partial charge in [0, 0.05) is 18.8 Å². The van der Waals surface area contributed by atoms with E-state index in [0.717, 1.165) is 12.8 Å². The van der Waals surface area contributed by atoms with Crippen LogP contribution in [0.25, 0.3) is 0 Å². The Morgan fingerprint density at radius 3 is 3.00 bits per heavy atom. The second-order valence-electron chi connectivity index (χ2n) is 5.21. The Labute approximate surface area is 102 Å². The number of hydrogen-bond donors (Lipinski definition) is 0. The third-order valence-electron chi connectivity index (χ3n) is 3.90. The Balaban J connectivity index is 1.71. The third kappa shape index (κ3) is 2.08. The van der Waals surface area contributed by atoms with Crippen molar-refractivity contribution in [3.63, 3.8) is 0 Å². The first-order valence-corrected chi connectivity index (χ1v) is 6.54. The van der Waals surface area contributed by atoms with Crippen LogP contribution in [0.4, 0.5) is 0 Å². The van der Waals surface area contributed by atoms with Gasteiger partial charge < -0.3 is 9.47 Å². The van der Waals surface area contributed by atoms with Crippen LogP contribution >= 0.6 is 0 Å². The number of aryl methyl sites for hydroxylation is 1. The molecule has 1 amide bonds. The first-order valence-electron chi connectivity index (χ1n) is 6.54. The minimum absolute atomic E-state index is 0.221. The van der Waals surface area contributed by atoms with Crippen LogP contribution in [-0.2, 0) is 24.2 Å². The molecule has 4 nitrogen and oxygen atoms in total. The van der Waals surface area contributed by atoms with E-state index in [1.807, 2.05) is 18.3 Å². The second-order valence-corrected chi connectivity index (χ2v) is 5.21. The molecule has 2 aliphatic carbocycles. The van der Waals surface area contributed by atoms with E-state index in [0.29, 0.717) is 12.6 Å². The fourth-order valence-corrected chi connectivity index (χ4v) is 2.59. The van der Waals surface area contributed by atoms with Crippen molar-refractivity contribution in [3.05, 3.63) is 17.7 Å². The van der Waals surface area contributed by atoms with Crippen molar-refractivity contribution in [3.8, 4) is 0 Å². The average Bonchev–Trinajstić information content (AvgIpc) is 3.12. The summed E-state index contributed by atoms with van der Waals surface area (Å²) in [6.45, 7) is 0.468. The fourth-order valence-electron chi connectivity index (χ4n) is 2.59. The van der Waals surface area contributed by atoms with Crippen LogP contribution < -0.4 is 0 Å². The van der Waals surface area contributed by atoms with E-state index in [4.69, 9.17) is 0 Å². The Hall–Kier alpha value is -1.32. The molecule has 17 heavy (non-hydrogen) atoms. The van der Waals surface area contributed by atoms with Gasteiger partial charge in [-0.3, -0.25) is 4.79 Å². The van der Waals surface area contributed by atoms with E-state index in [1.165, 1.54) is 37.1 Å². The maximum atomic E-state index is 12.1. The van der Waals surface area contributed by atoms with Crippen LogP contribution in [0.1, 0.15) is 37.1 Å². The van der Waals surface area contributed by atoms with Gasteiger partial charge in [0.2, 0.25) is 5.91 Å². The van der Waals surface area contributed by atoms with E-state index >= 15 is 0 Å². The van der Waals surface area contributed by atoms with Gasteiger partial charge in [0.05, 0.1) is 12.0 Å². The normalized spacial score (nSPS) is 18.9. The minimum atomic E-state index is 0.221. The molecule has 1 fully saturated rings. The first-order chi connectivity index (χ1) is 8.25. The molecule has 0 radical (unpaired) electrons. The Bertz CT molecular complexity index is 434. The molecule has 3 rings (SSSR count). The highest BCUT2D eigenvalue weighted by atomic mass is 16.2. The van der Waals surface area contributed by atoms with Crippen molar-refractivity contribution in [1.29, 1.82) is 0 Å². The van der Waals surface area contributed by atoms with Crippen LogP contribution in [0.2, 0.25) is 0 Å². The standard InChI is InChI=1S/C13H19N3O/c1-15(10-6-7-10)13(17)8-16-9-14-11-4-2-3-5-12(11)16/h9-10H,2-8H2,1H3. The summed E-state index contributed by atoms with van der Waals surface area (Å²) >= 11 is 0. The number of carbonyl (C=O) groups is 1. The highest BCUT2D eigenvalue weighted by Crippen LogP contribution is 2.26. The zero-order chi connectivity index (χ0) is 11.8. The molecule has 1 aromatic heterocycles. The molecule has 0 bridgehead atoms. The van der Waals surface area contributed by atoms with Gasteiger partial charge in [0.15, 0.2) is 0 Å². The summed E-state index contributed by atoms with van der Waals surface area (Å²) < 4.78 is 2.05. The number of likely N-dealkylation sites (N-methyl/N-ethyl adjacent to an activating group) is 1. The summed E-state index contributed by atoms with van der Waals surface area (Å²) in [4.78, 5) is 18.4. The molecule has 0 unspecified atom stereocenters. The summed E-state index contributed by atoms with van der Waals surface area (Å²) in [5.74, 6) is 0.221. The lowest BCUT2D eigenvalue weighted by Crippen LogP contribution is -2.32. The number of fused-ring (bicyclic) bond motifs is 1. The number of hydrogen-bond acceptors (Lipinski definition) is 2. The van der Waals surface area contributed by atoms with E-state index < -0.39 is 0 Å². The largest absolute Gasteiger partial charge is 0.341 e. The van der Waals surface area contributed by atoms with Crippen LogP contribution in [0.5, 0.6) is 0 Å². The summed E-state index contributed by atoms with van der Waals surface area (Å²) in [6.07, 6.45) is 8.80. The number of carbonyl (C=O) groups excluding carboxylic acids is 1. The molecule has 92 valence electrons. The van der Waals surface area contributed by atoms with Crippen molar-refractivity contribution in [1.82, 2.24) is 14.5 Å². The van der Waals surface area contributed by atoms with Gasteiger partial charge in [0.25, 0.3) is 0 Å². The molecule has 2 aliphatic rings. The first kappa shape index (κ1) is 10.8. The zero-order valence-corrected chi connectivity index (χ0v) is 10.4. The van der Waals surface area contributed by atoms with Gasteiger partial charge in [0.1, 0.15) is 6.54 Å². The zero-order valence-electron chi connectivity index (χ0n) is 10.4. The van der Waals surface area contributed by atoms with Crippen LogP contribution in [0.3, 0.4) is 0 Å². The van der Waals surface area contributed by atoms with Crippen molar-refractivity contribution in [2.24, 2.45) is 0 Å². The van der Waals surface area contributed by atoms with E-state index in [1.54, 1.807) is 0 Å². The molecule has 0 spiro atoms. The van der Waals surface area contributed by atoms with Crippen molar-refractivity contribution < 1.29 is 4.79 Å². The number of nitrogens with zero attached hydrogens (tertiary/aromatic N) is 3. The smallest absolute Gasteiger partial charge is 0.242 e. The number of aromatic nitrogens is 2. The minimum Gasteiger partial charge on any atom is -0.341 e. The molecule has 0 aromatic carbocycles. The van der Waals surface area contributed by atoms with Gasteiger partial charge >= 0.3 is 0 Å². The molecule has 0 saturated heterocycles. The molecule has 0 N–H and O–H groups in total. The van der Waals surface area contributed by atoms with Crippen molar-refractivity contribution >= 4 is 5.91 Å². The van der Waals surface area contributed by atoms with E-state index in [2.05, 4.69) is 9.55 Å². The molecule has 0 aliphatic heterocycles. The van der Waals surface area contributed by atoms with Crippen LogP contribution in [0.15, 0.2) is 6.33 Å². The van der Waals surface area contributed by atoms with Crippen molar-refractivity contribution in [2.45, 2.75) is 51.1 Å². The van der Waals surface area contributed by atoms with E-state index in [9.17, 15) is 4.79 Å². The molecule has 0 atom stereocenters. The average molecular weight is 233 g/mol. The SMILES string of the molecule is CN(C(=O)Cn1cnc2c1CCCC2)C1CC1. The predicted molar refractivity (Wildman–Crippen MR) is 64.7 cm³/mol. The predicted octanol–water partition coefficient (Wildman–Crippen LogP) is 1.38. The lowest BCUT2D eigenvalue weighted by molar-refractivity contribution is -0.131. The fraction of sp³-hybridized carbons (Fsp3) is 0.692. The Kier molecular flexibility index (Phi) is 2.65. The van der Waals surface area contributed by atoms with Crippen molar-refractivity contribution in [2.75, 3.05) is 7.05 Å². The summed E-state index contributed by atoms with van der Waals surface area (Å²) in [7, 11) is 1.92. The lowest BCUT2D eigenvalue weighted by atomic mass is 10.0. The van der Waals surface area contributed by atoms with Crippen LogP contribution in [0, 0.1) is 0 Å². The summed E-state index contributed by atoms with van der Waals surface area (Å²) in [6, 6.07) is 0.502. The Morgan fingerprint density at radius 2 is 2.24 bits per heavy atom. The van der Waals surface area contributed by atoms with Gasteiger partial charge in [-0.1, -0.05) is 0 Å². The molecule has 1 heterocycles. The topological polar surface area (TPSA) is 38.1 Å². The summed E-state index contributed by atoms with van der Waals surface area (Å²) in [5.41, 5.74) is 2.49. The Morgan fingerprint density at radius 1 is 1.47 bits per heavy atom. The van der Waals surface area contributed by atoms with Gasteiger partial charge in [-0.2, -0.15) is 0 Å². The highest BCUT2D eigenvalue weighted by molar-refractivity contribution is 5.76. The summed E-state index contributed by atoms with van der Waals surface area (Å²) in [5, 5.41) is 0. The maximum absolute atomic E-state index is 12.1. The van der Waals surface area contributed by atoms with E-state index in [-0.39, 0.29) is 5.91 Å². The number of rotatable bonds is 3.